The van der Waals surface area contributed by atoms with Gasteiger partial charge in [-0.25, -0.2) is 4.98 Å². The summed E-state index contributed by atoms with van der Waals surface area (Å²) in [4.78, 5) is 37.9. The predicted octanol–water partition coefficient (Wildman–Crippen LogP) is 9.26. The maximum absolute atomic E-state index is 14.8. The maximum Gasteiger partial charge on any atom is 0.523 e. The molecule has 2 N–H and O–H groups in total. The second-order valence-corrected chi connectivity index (χ2v) is 18.1. The second-order valence-electron chi connectivity index (χ2n) is 16.6. The van der Waals surface area contributed by atoms with Crippen LogP contribution in [0.4, 0.5) is 24.9 Å². The molecule has 0 radical (unpaired) electrons. The van der Waals surface area contributed by atoms with Gasteiger partial charge in [0.15, 0.2) is 29.3 Å². The van der Waals surface area contributed by atoms with Crippen LogP contribution in [0.1, 0.15) is 53.5 Å². The smallest absolute Gasteiger partial charge is 0.358 e. The Balaban J connectivity index is 1.31. The zero-order valence-electron chi connectivity index (χ0n) is 38.0. The molecule has 1 aliphatic rings. The van der Waals surface area contributed by atoms with Gasteiger partial charge in [-0.15, -0.1) is 0 Å². The van der Waals surface area contributed by atoms with E-state index < -0.39 is 69.8 Å². The molecule has 18 heteroatoms. The number of halogens is 3. The first-order valence-corrected chi connectivity index (χ1v) is 23.7. The highest BCUT2D eigenvalue weighted by atomic mass is 32.2. The summed E-state index contributed by atoms with van der Waals surface area (Å²) in [6.07, 6.45) is -6.19. The molecule has 1 aliphatic heterocycles. The zero-order chi connectivity index (χ0) is 49.8. The van der Waals surface area contributed by atoms with Crippen molar-refractivity contribution >= 4 is 44.9 Å². The van der Waals surface area contributed by atoms with Gasteiger partial charge in [0.25, 0.3) is 0 Å². The number of aromatic nitrogens is 4. The summed E-state index contributed by atoms with van der Waals surface area (Å²) in [5, 5.41) is 5.00. The number of nitrogens with zero attached hydrogens (tertiary/aromatic N) is 4. The van der Waals surface area contributed by atoms with Gasteiger partial charge in [0, 0.05) is 13.8 Å². The molecule has 4 atom stereocenters. The van der Waals surface area contributed by atoms with Crippen LogP contribution in [0.3, 0.4) is 0 Å². The summed E-state index contributed by atoms with van der Waals surface area (Å²) in [7, 11) is -6.47. The lowest BCUT2D eigenvalue weighted by atomic mass is 9.79. The number of hydrogen-bond acceptors (Lipinski definition) is 11. The van der Waals surface area contributed by atoms with Gasteiger partial charge in [-0.1, -0.05) is 182 Å². The third-order valence-corrected chi connectivity index (χ3v) is 13.0. The van der Waals surface area contributed by atoms with E-state index in [1.54, 1.807) is 91.0 Å². The number of hydrogen-bond donors (Lipinski definition) is 2. The van der Waals surface area contributed by atoms with E-state index in [9.17, 15) is 31.2 Å². The van der Waals surface area contributed by atoms with Crippen molar-refractivity contribution < 1.29 is 49.6 Å². The summed E-state index contributed by atoms with van der Waals surface area (Å²) in [5.74, 6) is -1.67. The van der Waals surface area contributed by atoms with Crippen LogP contribution < -0.4 is 10.6 Å². The van der Waals surface area contributed by atoms with Gasteiger partial charge in [0.1, 0.15) is 23.4 Å². The number of nitrogens with one attached hydrogen (secondary N) is 2. The monoisotopic (exact) mass is 982 g/mol. The van der Waals surface area contributed by atoms with Crippen LogP contribution in [0.15, 0.2) is 188 Å². The Morgan fingerprint density at radius 3 is 1.41 bits per heavy atom. The van der Waals surface area contributed by atoms with Crippen LogP contribution in [-0.2, 0) is 49.3 Å². The van der Waals surface area contributed by atoms with Gasteiger partial charge in [-0.3, -0.25) is 23.7 Å². The standard InChI is InChI=1S/C53H45F3N6O8S/c1-35(63)58-47-44-48(61-50(60-47)59-36(2)64)62(34-57-44)49-46(70-71(65,66)53(54,55)56)45(69-52(40-27-15-6-16-28-40,41-29-17-7-18-30-41)42-31-19-8-20-32-42)43(68-49)33-67-51(37-21-9-3-10-22-37,38-23-11-4-12-24-38)39-25-13-5-14-26-39/h3-32,34,43,45-46,49H,33H2,1-2H3,(H2,58,59,60,61,63,64)/t43-,45-,46-,49-/m1/s1. The number of amides is 2. The Hall–Kier alpha value is -7.61. The molecule has 362 valence electrons. The Bertz CT molecular complexity index is 3040. The SMILES string of the molecule is CC(=O)Nc1nc(NC(C)=O)c2ncn([C@@H]3O[C@H](COC(c4ccccc4)(c4ccccc4)c4ccccc4)[C@@H](OC(c4ccccc4)(c4ccccc4)c4ccccc4)[C@H]3OS(=O)(=O)C(F)(F)F)c2n1. The number of anilines is 2. The number of benzene rings is 6. The molecule has 3 heterocycles. The molecular formula is C53H45F3N6O8S. The molecule has 1 fully saturated rings. The van der Waals surface area contributed by atoms with Crippen molar-refractivity contribution in [1.82, 2.24) is 19.5 Å². The molecule has 1 saturated heterocycles. The molecule has 2 aromatic heterocycles. The Labute approximate surface area is 406 Å². The maximum atomic E-state index is 14.8. The molecule has 0 bridgehead atoms. The fraction of sp³-hybridized carbons (Fsp3) is 0.189. The molecule has 6 aromatic carbocycles. The number of fused-ring (bicyclic) bond motifs is 1. The molecule has 14 nitrogen and oxygen atoms in total. The van der Waals surface area contributed by atoms with Crippen molar-refractivity contribution in [2.45, 2.75) is 55.1 Å². The van der Waals surface area contributed by atoms with Crippen LogP contribution in [0, 0.1) is 0 Å². The number of alkyl halides is 3. The molecule has 9 rings (SSSR count). The number of imidazole rings is 1. The van der Waals surface area contributed by atoms with Crippen molar-refractivity contribution in [2.24, 2.45) is 0 Å². The van der Waals surface area contributed by atoms with Gasteiger partial charge >= 0.3 is 15.6 Å². The number of ether oxygens (including phenoxy) is 3. The fourth-order valence-electron chi connectivity index (χ4n) is 8.98. The minimum atomic E-state index is -6.47. The molecule has 0 saturated carbocycles. The average molecular weight is 983 g/mol. The lowest BCUT2D eigenvalue weighted by molar-refractivity contribution is -0.131. The van der Waals surface area contributed by atoms with Crippen LogP contribution in [-0.4, -0.2) is 70.2 Å². The first-order chi connectivity index (χ1) is 34.2. The quantitative estimate of drug-likeness (QED) is 0.0537. The minimum Gasteiger partial charge on any atom is -0.358 e. The Morgan fingerprint density at radius 2 is 1.01 bits per heavy atom. The van der Waals surface area contributed by atoms with E-state index in [2.05, 4.69) is 25.6 Å². The molecule has 71 heavy (non-hydrogen) atoms. The van der Waals surface area contributed by atoms with Crippen molar-refractivity contribution in [2.75, 3.05) is 17.2 Å². The molecule has 8 aromatic rings. The van der Waals surface area contributed by atoms with Crippen LogP contribution in [0.25, 0.3) is 11.2 Å². The normalized spacial score (nSPS) is 17.5. The van der Waals surface area contributed by atoms with Crippen molar-refractivity contribution in [1.29, 1.82) is 0 Å². The molecular weight excluding hydrogens is 938 g/mol. The second kappa shape index (κ2) is 20.0. The highest BCUT2D eigenvalue weighted by Gasteiger charge is 2.58. The van der Waals surface area contributed by atoms with E-state index in [4.69, 9.17) is 18.4 Å². The number of rotatable bonds is 16. The summed E-state index contributed by atoms with van der Waals surface area (Å²) < 4.78 is 99.9. The lowest BCUT2D eigenvalue weighted by Gasteiger charge is -2.41. The average Bonchev–Trinajstić information content (AvgIpc) is 3.94. The van der Waals surface area contributed by atoms with Gasteiger partial charge in [0.05, 0.1) is 12.9 Å². The third kappa shape index (κ3) is 9.55. The lowest BCUT2D eigenvalue weighted by Crippen LogP contribution is -2.48. The molecule has 0 spiro atoms. The first-order valence-electron chi connectivity index (χ1n) is 22.3. The number of carbonyl (C=O) groups excluding carboxylic acids is 2. The summed E-state index contributed by atoms with van der Waals surface area (Å²) >= 11 is 0. The van der Waals surface area contributed by atoms with Crippen molar-refractivity contribution in [3.05, 3.63) is 222 Å². The van der Waals surface area contributed by atoms with E-state index in [0.29, 0.717) is 33.4 Å². The predicted molar refractivity (Wildman–Crippen MR) is 257 cm³/mol. The highest BCUT2D eigenvalue weighted by molar-refractivity contribution is 7.87. The molecule has 2 amide bonds. The highest BCUT2D eigenvalue weighted by Crippen LogP contribution is 2.49. The van der Waals surface area contributed by atoms with E-state index in [1.165, 1.54) is 13.8 Å². The summed E-state index contributed by atoms with van der Waals surface area (Å²) in [6, 6.07) is 54.8. The van der Waals surface area contributed by atoms with Gasteiger partial charge < -0.3 is 19.5 Å². The molecule has 0 unspecified atom stereocenters. The Kier molecular flexibility index (Phi) is 13.6. The van der Waals surface area contributed by atoms with Gasteiger partial charge in [0.2, 0.25) is 17.8 Å². The Morgan fingerprint density at radius 1 is 0.606 bits per heavy atom. The van der Waals surface area contributed by atoms with E-state index in [0.717, 1.165) is 10.9 Å². The zero-order valence-corrected chi connectivity index (χ0v) is 38.8. The fourth-order valence-corrected chi connectivity index (χ4v) is 9.59. The largest absolute Gasteiger partial charge is 0.523 e. The van der Waals surface area contributed by atoms with Crippen molar-refractivity contribution in [3.63, 3.8) is 0 Å². The summed E-state index contributed by atoms with van der Waals surface area (Å²) in [5.41, 5.74) is -5.74. The van der Waals surface area contributed by atoms with E-state index in [-0.39, 0.29) is 22.9 Å². The van der Waals surface area contributed by atoms with Gasteiger partial charge in [-0.05, 0) is 33.4 Å². The van der Waals surface area contributed by atoms with Crippen LogP contribution >= 0.6 is 0 Å². The third-order valence-electron chi connectivity index (χ3n) is 11.9. The van der Waals surface area contributed by atoms with Gasteiger partial charge in [-0.2, -0.15) is 31.6 Å². The number of carbonyl (C=O) groups is 2. The first kappa shape index (κ1) is 48.4. The van der Waals surface area contributed by atoms with Crippen molar-refractivity contribution in [3.8, 4) is 0 Å². The topological polar surface area (TPSA) is 173 Å². The van der Waals surface area contributed by atoms with E-state index in [1.807, 2.05) is 91.0 Å². The minimum absolute atomic E-state index is 0.0871. The van der Waals surface area contributed by atoms with E-state index >= 15 is 0 Å². The summed E-state index contributed by atoms with van der Waals surface area (Å²) in [6.45, 7) is 1.93. The van der Waals surface area contributed by atoms with Crippen LogP contribution in [0.2, 0.25) is 0 Å². The molecule has 0 aliphatic carbocycles. The van der Waals surface area contributed by atoms with Crippen LogP contribution in [0.5, 0.6) is 0 Å².